The van der Waals surface area contributed by atoms with Crippen LogP contribution in [0.2, 0.25) is 0 Å². The van der Waals surface area contributed by atoms with E-state index in [0.29, 0.717) is 13.1 Å². The predicted molar refractivity (Wildman–Crippen MR) is 118 cm³/mol. The van der Waals surface area contributed by atoms with Crippen LogP contribution in [0.4, 0.5) is 0 Å². The first-order valence-corrected chi connectivity index (χ1v) is 11.5. The monoisotopic (exact) mass is 408 g/mol. The number of likely N-dealkylation sites (tertiary alicyclic amines) is 1. The Bertz CT molecular complexity index is 848. The molecule has 4 nitrogen and oxygen atoms in total. The molecule has 29 heavy (non-hydrogen) atoms. The number of hydrogen-bond acceptors (Lipinski definition) is 3. The zero-order valence-electron chi connectivity index (χ0n) is 16.9. The van der Waals surface area contributed by atoms with Gasteiger partial charge < -0.3 is 9.80 Å². The standard InChI is InChI=1S/C24H28N2O2S/c1-2-21(19-9-5-3-6-10-19)23(28)25-15-13-24(14-16-25)26(17-18-29-24)22(27)20-11-7-4-8-12-20/h3-12,21H,2,13-18H2,1H3/t21-/m0/s1. The number of benzene rings is 2. The van der Waals surface area contributed by atoms with Crippen molar-refractivity contribution in [1.29, 1.82) is 0 Å². The van der Waals surface area contributed by atoms with E-state index in [-0.39, 0.29) is 22.6 Å². The van der Waals surface area contributed by atoms with Crippen molar-refractivity contribution >= 4 is 23.6 Å². The van der Waals surface area contributed by atoms with E-state index in [9.17, 15) is 9.59 Å². The third-order valence-corrected chi connectivity index (χ3v) is 7.76. The topological polar surface area (TPSA) is 40.6 Å². The number of piperidine rings is 1. The molecule has 2 amide bonds. The zero-order chi connectivity index (χ0) is 20.3. The van der Waals surface area contributed by atoms with Crippen molar-refractivity contribution < 1.29 is 9.59 Å². The first-order valence-electron chi connectivity index (χ1n) is 10.5. The summed E-state index contributed by atoms with van der Waals surface area (Å²) in [7, 11) is 0. The van der Waals surface area contributed by atoms with E-state index in [1.807, 2.05) is 77.3 Å². The molecule has 0 N–H and O–H groups in total. The Hall–Kier alpha value is -2.27. The minimum Gasteiger partial charge on any atom is -0.342 e. The molecule has 2 aromatic rings. The zero-order valence-corrected chi connectivity index (χ0v) is 17.7. The van der Waals surface area contributed by atoms with E-state index < -0.39 is 0 Å². The number of amides is 2. The fourth-order valence-electron chi connectivity index (χ4n) is 4.58. The van der Waals surface area contributed by atoms with Gasteiger partial charge in [-0.15, -0.1) is 11.8 Å². The molecule has 4 rings (SSSR count). The van der Waals surface area contributed by atoms with Gasteiger partial charge in [-0.2, -0.15) is 0 Å². The highest BCUT2D eigenvalue weighted by atomic mass is 32.2. The van der Waals surface area contributed by atoms with Crippen LogP contribution in [0.25, 0.3) is 0 Å². The number of carbonyl (C=O) groups is 2. The average Bonchev–Trinajstić information content (AvgIpc) is 3.18. The maximum absolute atomic E-state index is 13.2. The van der Waals surface area contributed by atoms with Gasteiger partial charge in [0.1, 0.15) is 0 Å². The first-order chi connectivity index (χ1) is 14.1. The van der Waals surface area contributed by atoms with Crippen LogP contribution in [-0.4, -0.2) is 51.9 Å². The summed E-state index contributed by atoms with van der Waals surface area (Å²) >= 11 is 1.89. The lowest BCUT2D eigenvalue weighted by atomic mass is 9.93. The Morgan fingerprint density at radius 3 is 2.21 bits per heavy atom. The molecule has 2 aliphatic rings. The summed E-state index contributed by atoms with van der Waals surface area (Å²) < 4.78 is 0. The molecule has 0 aliphatic carbocycles. The molecule has 0 aromatic heterocycles. The molecular formula is C24H28N2O2S. The number of rotatable bonds is 4. The van der Waals surface area contributed by atoms with Crippen LogP contribution in [0.1, 0.15) is 48.0 Å². The number of thioether (sulfide) groups is 1. The molecule has 1 spiro atoms. The molecule has 2 heterocycles. The Kier molecular flexibility index (Phi) is 5.95. The summed E-state index contributed by atoms with van der Waals surface area (Å²) in [6, 6.07) is 19.6. The predicted octanol–water partition coefficient (Wildman–Crippen LogP) is 4.39. The van der Waals surface area contributed by atoms with Gasteiger partial charge in [-0.1, -0.05) is 55.5 Å². The van der Waals surface area contributed by atoms with Gasteiger partial charge in [-0.05, 0) is 37.0 Å². The van der Waals surface area contributed by atoms with Crippen molar-refractivity contribution in [2.75, 3.05) is 25.4 Å². The van der Waals surface area contributed by atoms with E-state index in [2.05, 4.69) is 11.8 Å². The molecule has 5 heteroatoms. The summed E-state index contributed by atoms with van der Waals surface area (Å²) in [6.07, 6.45) is 2.48. The summed E-state index contributed by atoms with van der Waals surface area (Å²) in [5, 5.41) is 0. The first kappa shape index (κ1) is 20.0. The number of hydrogen-bond donors (Lipinski definition) is 0. The van der Waals surface area contributed by atoms with Gasteiger partial charge in [-0.3, -0.25) is 9.59 Å². The number of carbonyl (C=O) groups excluding carboxylic acids is 2. The SMILES string of the molecule is CC[C@H](C(=O)N1CCC2(CC1)SCCN2C(=O)c1ccccc1)c1ccccc1. The summed E-state index contributed by atoms with van der Waals surface area (Å²) in [5.41, 5.74) is 1.85. The smallest absolute Gasteiger partial charge is 0.254 e. The second kappa shape index (κ2) is 8.62. The minimum absolute atomic E-state index is 0.0801. The van der Waals surface area contributed by atoms with Gasteiger partial charge >= 0.3 is 0 Å². The second-order valence-corrected chi connectivity index (χ2v) is 9.27. The van der Waals surface area contributed by atoms with Crippen molar-refractivity contribution in [1.82, 2.24) is 9.80 Å². The fraction of sp³-hybridized carbons (Fsp3) is 0.417. The third-order valence-electron chi connectivity index (χ3n) is 6.21. The molecule has 1 atom stereocenters. The average molecular weight is 409 g/mol. The van der Waals surface area contributed by atoms with Crippen molar-refractivity contribution in [3.05, 3.63) is 71.8 Å². The molecular weight excluding hydrogens is 380 g/mol. The maximum atomic E-state index is 13.2. The van der Waals surface area contributed by atoms with Crippen LogP contribution in [0, 0.1) is 0 Å². The van der Waals surface area contributed by atoms with E-state index in [1.165, 1.54) is 0 Å². The Balaban J connectivity index is 1.45. The van der Waals surface area contributed by atoms with Gasteiger partial charge in [0.05, 0.1) is 10.8 Å². The third kappa shape index (κ3) is 3.93. The Morgan fingerprint density at radius 1 is 0.966 bits per heavy atom. The van der Waals surface area contributed by atoms with Crippen molar-refractivity contribution in [2.45, 2.75) is 37.0 Å². The summed E-state index contributed by atoms with van der Waals surface area (Å²) in [6.45, 7) is 4.30. The highest BCUT2D eigenvalue weighted by Gasteiger charge is 2.47. The molecule has 0 saturated carbocycles. The Morgan fingerprint density at radius 2 is 1.59 bits per heavy atom. The van der Waals surface area contributed by atoms with Crippen LogP contribution < -0.4 is 0 Å². The van der Waals surface area contributed by atoms with E-state index >= 15 is 0 Å². The molecule has 2 aromatic carbocycles. The highest BCUT2D eigenvalue weighted by Crippen LogP contribution is 2.45. The minimum atomic E-state index is -0.168. The summed E-state index contributed by atoms with van der Waals surface area (Å²) in [4.78, 5) is 30.2. The lowest BCUT2D eigenvalue weighted by Crippen LogP contribution is -2.54. The van der Waals surface area contributed by atoms with Crippen LogP contribution in [0.3, 0.4) is 0 Å². The van der Waals surface area contributed by atoms with Gasteiger partial charge in [0, 0.05) is 31.0 Å². The van der Waals surface area contributed by atoms with Crippen molar-refractivity contribution in [3.63, 3.8) is 0 Å². The molecule has 152 valence electrons. The molecule has 2 aliphatic heterocycles. The van der Waals surface area contributed by atoms with E-state index in [0.717, 1.165) is 42.7 Å². The Labute approximate surface area is 177 Å². The van der Waals surface area contributed by atoms with Gasteiger partial charge in [0.25, 0.3) is 5.91 Å². The molecule has 0 radical (unpaired) electrons. The van der Waals surface area contributed by atoms with Crippen LogP contribution >= 0.6 is 11.8 Å². The van der Waals surface area contributed by atoms with Gasteiger partial charge in [-0.25, -0.2) is 0 Å². The second-order valence-electron chi connectivity index (χ2n) is 7.81. The van der Waals surface area contributed by atoms with Gasteiger partial charge in [0.2, 0.25) is 5.91 Å². The number of nitrogens with zero attached hydrogens (tertiary/aromatic N) is 2. The lowest BCUT2D eigenvalue weighted by Gasteiger charge is -2.44. The van der Waals surface area contributed by atoms with Crippen molar-refractivity contribution in [3.8, 4) is 0 Å². The quantitative estimate of drug-likeness (QED) is 0.753. The van der Waals surface area contributed by atoms with Gasteiger partial charge in [0.15, 0.2) is 0 Å². The van der Waals surface area contributed by atoms with Crippen molar-refractivity contribution in [2.24, 2.45) is 0 Å². The maximum Gasteiger partial charge on any atom is 0.254 e. The lowest BCUT2D eigenvalue weighted by molar-refractivity contribution is -0.134. The molecule has 2 saturated heterocycles. The largest absolute Gasteiger partial charge is 0.342 e. The van der Waals surface area contributed by atoms with Crippen LogP contribution in [0.15, 0.2) is 60.7 Å². The van der Waals surface area contributed by atoms with Crippen LogP contribution in [0.5, 0.6) is 0 Å². The fourth-order valence-corrected chi connectivity index (χ4v) is 6.04. The normalized spacial score (nSPS) is 19.3. The highest BCUT2D eigenvalue weighted by molar-refractivity contribution is 8.00. The van der Waals surface area contributed by atoms with Crippen LogP contribution in [-0.2, 0) is 4.79 Å². The molecule has 2 fully saturated rings. The molecule has 0 unspecified atom stereocenters. The van der Waals surface area contributed by atoms with E-state index in [1.54, 1.807) is 0 Å². The molecule has 0 bridgehead atoms. The van der Waals surface area contributed by atoms with E-state index in [4.69, 9.17) is 0 Å². The summed E-state index contributed by atoms with van der Waals surface area (Å²) in [5.74, 6) is 1.22.